The van der Waals surface area contributed by atoms with E-state index < -0.39 is 0 Å². The first-order valence-corrected chi connectivity index (χ1v) is 11.9. The lowest BCUT2D eigenvalue weighted by atomic mass is 9.87. The van der Waals surface area contributed by atoms with Crippen molar-refractivity contribution in [1.29, 1.82) is 0 Å². The predicted octanol–water partition coefficient (Wildman–Crippen LogP) is 7.42. The van der Waals surface area contributed by atoms with E-state index in [0.29, 0.717) is 0 Å². The molecule has 0 N–H and O–H groups in total. The summed E-state index contributed by atoms with van der Waals surface area (Å²) in [4.78, 5) is 2.60. The van der Waals surface area contributed by atoms with Crippen LogP contribution in [-0.2, 0) is 6.42 Å². The van der Waals surface area contributed by atoms with Crippen molar-refractivity contribution in [3.63, 3.8) is 0 Å². The first kappa shape index (κ1) is 18.9. The highest BCUT2D eigenvalue weighted by Crippen LogP contribution is 2.50. The van der Waals surface area contributed by atoms with E-state index in [1.165, 1.54) is 43.8 Å². The molecular weight excluding hydrogens is 402 g/mol. The number of rotatable bonds is 1. The maximum Gasteiger partial charge on any atom is 0.180 e. The smallest absolute Gasteiger partial charge is 0.180 e. The highest BCUT2D eigenvalue weighted by molar-refractivity contribution is 5.91. The lowest BCUT2D eigenvalue weighted by Gasteiger charge is -2.43. The third-order valence-electron chi connectivity index (χ3n) is 7.38. The molecule has 0 unspecified atom stereocenters. The number of fused-ring (bicyclic) bond motifs is 7. The van der Waals surface area contributed by atoms with Crippen LogP contribution in [0.3, 0.4) is 0 Å². The maximum atomic E-state index is 6.84. The monoisotopic (exact) mass is 427 g/mol. The molecule has 2 atom stereocenters. The normalized spacial score (nSPS) is 19.9. The van der Waals surface area contributed by atoms with Crippen LogP contribution in [0.4, 0.5) is 0 Å². The van der Waals surface area contributed by atoms with Crippen LogP contribution in [0.2, 0.25) is 0 Å². The van der Waals surface area contributed by atoms with E-state index in [1.807, 2.05) is 0 Å². The summed E-state index contributed by atoms with van der Waals surface area (Å²) in [6, 6.07) is 37.6. The summed E-state index contributed by atoms with van der Waals surface area (Å²) >= 11 is 0. The molecule has 0 bridgehead atoms. The summed E-state index contributed by atoms with van der Waals surface area (Å²) < 4.78 is 6.84. The van der Waals surface area contributed by atoms with Crippen molar-refractivity contribution >= 4 is 21.5 Å². The lowest BCUT2D eigenvalue weighted by molar-refractivity contribution is -0.0158. The molecule has 0 amide bonds. The van der Waals surface area contributed by atoms with Crippen molar-refractivity contribution in [2.45, 2.75) is 25.1 Å². The van der Waals surface area contributed by atoms with Gasteiger partial charge in [-0.2, -0.15) is 0 Å². The molecule has 0 aromatic heterocycles. The minimum absolute atomic E-state index is 0.0821. The van der Waals surface area contributed by atoms with Crippen LogP contribution in [0.5, 0.6) is 5.75 Å². The minimum Gasteiger partial charge on any atom is -0.470 e. The molecule has 5 aromatic rings. The quantitative estimate of drug-likeness (QED) is 0.276. The second kappa shape index (κ2) is 7.47. The van der Waals surface area contributed by atoms with Gasteiger partial charge >= 0.3 is 0 Å². The Bertz CT molecular complexity index is 1500. The van der Waals surface area contributed by atoms with Crippen molar-refractivity contribution in [1.82, 2.24) is 4.90 Å². The molecule has 33 heavy (non-hydrogen) atoms. The van der Waals surface area contributed by atoms with E-state index >= 15 is 0 Å². The second-order valence-corrected chi connectivity index (χ2v) is 9.18. The number of benzene rings is 5. The van der Waals surface area contributed by atoms with Crippen LogP contribution in [0.15, 0.2) is 103 Å². The van der Waals surface area contributed by atoms with Gasteiger partial charge in [-0.1, -0.05) is 97.1 Å². The Kier molecular flexibility index (Phi) is 4.28. The Hall–Kier alpha value is -3.62. The summed E-state index contributed by atoms with van der Waals surface area (Å²) in [5.74, 6) is 1.00. The first-order valence-electron chi connectivity index (χ1n) is 11.9. The fourth-order valence-electron chi connectivity index (χ4n) is 5.92. The van der Waals surface area contributed by atoms with Gasteiger partial charge in [-0.15, -0.1) is 0 Å². The molecule has 0 spiro atoms. The van der Waals surface area contributed by atoms with E-state index in [-0.39, 0.29) is 12.3 Å². The van der Waals surface area contributed by atoms with Crippen LogP contribution in [0.1, 0.15) is 40.9 Å². The Morgan fingerprint density at radius 2 is 1.33 bits per heavy atom. The van der Waals surface area contributed by atoms with Gasteiger partial charge in [0, 0.05) is 17.7 Å². The molecule has 0 aliphatic carbocycles. The molecule has 0 saturated carbocycles. The van der Waals surface area contributed by atoms with Crippen molar-refractivity contribution in [2.24, 2.45) is 0 Å². The van der Waals surface area contributed by atoms with Crippen molar-refractivity contribution in [3.8, 4) is 5.75 Å². The van der Waals surface area contributed by atoms with Gasteiger partial charge < -0.3 is 4.74 Å². The molecule has 160 valence electrons. The van der Waals surface area contributed by atoms with Crippen molar-refractivity contribution in [3.05, 3.63) is 125 Å². The SMILES string of the molecule is c1ccc2c(c1)CCCN1[C@@H](c3cccc4ccccc34)c3c(ccc4ccccc34)O[C@H]21. The fourth-order valence-corrected chi connectivity index (χ4v) is 5.92. The number of ether oxygens (including phenoxy) is 1. The average Bonchev–Trinajstić information content (AvgIpc) is 3.06. The largest absolute Gasteiger partial charge is 0.470 e. The summed E-state index contributed by atoms with van der Waals surface area (Å²) in [6.45, 7) is 0.996. The van der Waals surface area contributed by atoms with Gasteiger partial charge in [0.1, 0.15) is 5.75 Å². The zero-order chi connectivity index (χ0) is 21.8. The van der Waals surface area contributed by atoms with Gasteiger partial charge in [0.2, 0.25) is 0 Å². The highest BCUT2D eigenvalue weighted by Gasteiger charge is 2.40. The van der Waals surface area contributed by atoms with Crippen LogP contribution in [0, 0.1) is 0 Å². The minimum atomic E-state index is -0.0821. The Morgan fingerprint density at radius 1 is 0.636 bits per heavy atom. The van der Waals surface area contributed by atoms with Crippen LogP contribution < -0.4 is 4.74 Å². The second-order valence-electron chi connectivity index (χ2n) is 9.18. The molecule has 2 heteroatoms. The molecule has 2 aliphatic rings. The number of nitrogens with zero attached hydrogens (tertiary/aromatic N) is 1. The third-order valence-corrected chi connectivity index (χ3v) is 7.38. The molecule has 0 radical (unpaired) electrons. The lowest BCUT2D eigenvalue weighted by Crippen LogP contribution is -2.40. The van der Waals surface area contributed by atoms with Crippen molar-refractivity contribution < 1.29 is 4.74 Å². The molecule has 0 saturated heterocycles. The van der Waals surface area contributed by atoms with Crippen LogP contribution in [-0.4, -0.2) is 11.4 Å². The van der Waals surface area contributed by atoms with Gasteiger partial charge in [-0.3, -0.25) is 4.90 Å². The Labute approximate surface area is 194 Å². The van der Waals surface area contributed by atoms with E-state index in [9.17, 15) is 0 Å². The van der Waals surface area contributed by atoms with Gasteiger partial charge in [0.15, 0.2) is 6.23 Å². The fraction of sp³-hybridized carbons (Fsp3) is 0.161. The summed E-state index contributed by atoms with van der Waals surface area (Å²) in [6.07, 6.45) is 2.13. The standard InChI is InChI=1S/C31H25NO/c1-4-14-24-21(9-1)12-7-17-27(24)30-29-25-15-5-2-11-23(25)18-19-28(29)33-31-26-16-6-3-10-22(26)13-8-20-32(30)31/h1-7,9-12,14-19,30-31H,8,13,20H2/t30-,31+/m0/s1. The van der Waals surface area contributed by atoms with Crippen LogP contribution >= 0.6 is 0 Å². The molecule has 2 nitrogen and oxygen atoms in total. The summed E-state index contributed by atoms with van der Waals surface area (Å²) in [5.41, 5.74) is 5.36. The van der Waals surface area contributed by atoms with Gasteiger partial charge in [0.25, 0.3) is 0 Å². The average molecular weight is 428 g/mol. The van der Waals surface area contributed by atoms with E-state index in [0.717, 1.165) is 25.1 Å². The predicted molar refractivity (Wildman–Crippen MR) is 135 cm³/mol. The molecule has 2 aliphatic heterocycles. The molecule has 2 heterocycles. The molecule has 5 aromatic carbocycles. The van der Waals surface area contributed by atoms with Gasteiger partial charge in [0.05, 0.1) is 6.04 Å². The highest BCUT2D eigenvalue weighted by atomic mass is 16.5. The zero-order valence-electron chi connectivity index (χ0n) is 18.4. The maximum absolute atomic E-state index is 6.84. The Balaban J connectivity index is 1.55. The third kappa shape index (κ3) is 2.91. The zero-order valence-corrected chi connectivity index (χ0v) is 18.4. The van der Waals surface area contributed by atoms with Gasteiger partial charge in [-0.05, 0) is 51.6 Å². The molecule has 0 fully saturated rings. The number of aryl methyl sites for hydroxylation is 1. The van der Waals surface area contributed by atoms with E-state index in [4.69, 9.17) is 4.74 Å². The van der Waals surface area contributed by atoms with Gasteiger partial charge in [-0.25, -0.2) is 0 Å². The number of hydrogen-bond acceptors (Lipinski definition) is 2. The molecule has 7 rings (SSSR count). The number of hydrogen-bond donors (Lipinski definition) is 0. The summed E-state index contributed by atoms with van der Waals surface area (Å²) in [7, 11) is 0. The van der Waals surface area contributed by atoms with E-state index in [1.54, 1.807) is 0 Å². The van der Waals surface area contributed by atoms with Crippen molar-refractivity contribution in [2.75, 3.05) is 6.54 Å². The topological polar surface area (TPSA) is 12.5 Å². The van der Waals surface area contributed by atoms with Crippen LogP contribution in [0.25, 0.3) is 21.5 Å². The molecular formula is C31H25NO. The first-order chi connectivity index (χ1) is 16.4. The summed E-state index contributed by atoms with van der Waals surface area (Å²) in [5, 5.41) is 5.15. The van der Waals surface area contributed by atoms with E-state index in [2.05, 4.69) is 108 Å². The Morgan fingerprint density at radius 3 is 2.24 bits per heavy atom.